The summed E-state index contributed by atoms with van der Waals surface area (Å²) in [6.45, 7) is 0. The summed E-state index contributed by atoms with van der Waals surface area (Å²) in [5.74, 6) is 0.951. The zero-order valence-electron chi connectivity index (χ0n) is 8.69. The van der Waals surface area contributed by atoms with E-state index in [0.717, 1.165) is 15.9 Å². The molecule has 0 aliphatic rings. The number of benzene rings is 2. The Morgan fingerprint density at radius 3 is 2.50 bits per heavy atom. The van der Waals surface area contributed by atoms with Gasteiger partial charge in [-0.3, -0.25) is 0 Å². The van der Waals surface area contributed by atoms with Crippen LogP contribution in [0.1, 0.15) is 5.56 Å². The molecule has 0 saturated carbocycles. The van der Waals surface area contributed by atoms with Crippen molar-refractivity contribution in [2.45, 2.75) is 10.6 Å². The number of hydrogen-bond acceptors (Lipinski definition) is 2. The van der Waals surface area contributed by atoms with Crippen molar-refractivity contribution in [1.29, 1.82) is 0 Å². The summed E-state index contributed by atoms with van der Waals surface area (Å²) in [4.78, 5) is 1.27. The SMILES string of the molecule is Nc1cccc(CSc2ccc(Br)cc2)c1. The number of rotatable bonds is 3. The maximum Gasteiger partial charge on any atom is 0.0317 e. The minimum atomic E-state index is 0.828. The lowest BCUT2D eigenvalue weighted by Gasteiger charge is -2.03. The Hall–Kier alpha value is -0.930. The Balaban J connectivity index is 1.99. The van der Waals surface area contributed by atoms with Gasteiger partial charge in [0.05, 0.1) is 0 Å². The van der Waals surface area contributed by atoms with Gasteiger partial charge in [0.2, 0.25) is 0 Å². The monoisotopic (exact) mass is 293 g/mol. The molecule has 16 heavy (non-hydrogen) atoms. The predicted octanol–water partition coefficient (Wildman–Crippen LogP) is 4.32. The van der Waals surface area contributed by atoms with E-state index in [1.807, 2.05) is 30.0 Å². The van der Waals surface area contributed by atoms with Crippen LogP contribution in [-0.4, -0.2) is 0 Å². The van der Waals surface area contributed by atoms with Crippen LogP contribution in [0.25, 0.3) is 0 Å². The van der Waals surface area contributed by atoms with Gasteiger partial charge in [0, 0.05) is 20.8 Å². The molecule has 0 amide bonds. The second-order valence-electron chi connectivity index (χ2n) is 3.49. The van der Waals surface area contributed by atoms with Crippen LogP contribution in [0.3, 0.4) is 0 Å². The van der Waals surface area contributed by atoms with E-state index in [-0.39, 0.29) is 0 Å². The van der Waals surface area contributed by atoms with E-state index >= 15 is 0 Å². The molecule has 0 radical (unpaired) electrons. The van der Waals surface area contributed by atoms with Crippen LogP contribution in [0, 0.1) is 0 Å². The number of nitrogen functional groups attached to an aromatic ring is 1. The fourth-order valence-corrected chi connectivity index (χ4v) is 2.49. The molecule has 2 aromatic carbocycles. The average Bonchev–Trinajstić information content (AvgIpc) is 2.28. The Morgan fingerprint density at radius 2 is 1.81 bits per heavy atom. The van der Waals surface area contributed by atoms with E-state index in [1.165, 1.54) is 10.5 Å². The standard InChI is InChI=1S/C13H12BrNS/c14-11-4-6-13(7-5-11)16-9-10-2-1-3-12(15)8-10/h1-8H,9,15H2. The van der Waals surface area contributed by atoms with E-state index in [0.29, 0.717) is 0 Å². The highest BCUT2D eigenvalue weighted by Crippen LogP contribution is 2.24. The lowest BCUT2D eigenvalue weighted by molar-refractivity contribution is 1.38. The highest BCUT2D eigenvalue weighted by Gasteiger charge is 1.97. The first-order chi connectivity index (χ1) is 7.74. The molecule has 0 spiro atoms. The second-order valence-corrected chi connectivity index (χ2v) is 5.45. The molecular formula is C13H12BrNS. The van der Waals surface area contributed by atoms with Crippen LogP contribution in [0.4, 0.5) is 5.69 Å². The van der Waals surface area contributed by atoms with Crippen molar-refractivity contribution in [1.82, 2.24) is 0 Å². The largest absolute Gasteiger partial charge is 0.399 e. The third-order valence-electron chi connectivity index (χ3n) is 2.17. The molecule has 0 aromatic heterocycles. The lowest BCUT2D eigenvalue weighted by Crippen LogP contribution is -1.86. The van der Waals surface area contributed by atoms with Crippen molar-refractivity contribution in [3.63, 3.8) is 0 Å². The van der Waals surface area contributed by atoms with Crippen LogP contribution in [0.2, 0.25) is 0 Å². The molecule has 0 heterocycles. The summed E-state index contributed by atoms with van der Waals surface area (Å²) in [5.41, 5.74) is 7.82. The third-order valence-corrected chi connectivity index (χ3v) is 3.78. The molecule has 0 aliphatic heterocycles. The van der Waals surface area contributed by atoms with Gasteiger partial charge in [0.1, 0.15) is 0 Å². The molecule has 0 unspecified atom stereocenters. The Labute approximate surface area is 108 Å². The highest BCUT2D eigenvalue weighted by molar-refractivity contribution is 9.10. The van der Waals surface area contributed by atoms with Crippen molar-refractivity contribution < 1.29 is 0 Å². The van der Waals surface area contributed by atoms with Crippen LogP contribution in [0.15, 0.2) is 57.9 Å². The molecule has 2 aromatic rings. The lowest BCUT2D eigenvalue weighted by atomic mass is 10.2. The van der Waals surface area contributed by atoms with Crippen LogP contribution < -0.4 is 5.73 Å². The number of thioether (sulfide) groups is 1. The van der Waals surface area contributed by atoms with Crippen molar-refractivity contribution >= 4 is 33.4 Å². The van der Waals surface area contributed by atoms with Gasteiger partial charge in [-0.1, -0.05) is 28.1 Å². The average molecular weight is 294 g/mol. The molecule has 0 saturated heterocycles. The molecule has 2 N–H and O–H groups in total. The van der Waals surface area contributed by atoms with Gasteiger partial charge in [-0.05, 0) is 42.0 Å². The zero-order valence-corrected chi connectivity index (χ0v) is 11.1. The van der Waals surface area contributed by atoms with Crippen LogP contribution in [-0.2, 0) is 5.75 Å². The summed E-state index contributed by atoms with van der Waals surface area (Å²) >= 11 is 5.24. The molecule has 82 valence electrons. The van der Waals surface area contributed by atoms with E-state index in [1.54, 1.807) is 0 Å². The normalized spacial score (nSPS) is 10.3. The first kappa shape index (κ1) is 11.6. The summed E-state index contributed by atoms with van der Waals surface area (Å²) in [6.07, 6.45) is 0. The highest BCUT2D eigenvalue weighted by atomic mass is 79.9. The van der Waals surface area contributed by atoms with Crippen molar-refractivity contribution in [3.8, 4) is 0 Å². The van der Waals surface area contributed by atoms with Crippen molar-refractivity contribution in [2.24, 2.45) is 0 Å². The first-order valence-electron chi connectivity index (χ1n) is 4.97. The van der Waals surface area contributed by atoms with Gasteiger partial charge in [0.25, 0.3) is 0 Å². The summed E-state index contributed by atoms with van der Waals surface area (Å²) in [5, 5.41) is 0. The maximum atomic E-state index is 5.73. The maximum absolute atomic E-state index is 5.73. The summed E-state index contributed by atoms with van der Waals surface area (Å²) in [7, 11) is 0. The van der Waals surface area contributed by atoms with Gasteiger partial charge in [-0.15, -0.1) is 11.8 Å². The van der Waals surface area contributed by atoms with Gasteiger partial charge in [-0.25, -0.2) is 0 Å². The third kappa shape index (κ3) is 3.29. The molecule has 0 fully saturated rings. The van der Waals surface area contributed by atoms with E-state index in [4.69, 9.17) is 5.73 Å². The fourth-order valence-electron chi connectivity index (χ4n) is 1.38. The van der Waals surface area contributed by atoms with Crippen molar-refractivity contribution in [3.05, 3.63) is 58.6 Å². The van der Waals surface area contributed by atoms with Gasteiger partial charge < -0.3 is 5.73 Å². The Kier molecular flexibility index (Phi) is 3.91. The Morgan fingerprint density at radius 1 is 1.06 bits per heavy atom. The molecular weight excluding hydrogens is 282 g/mol. The van der Waals surface area contributed by atoms with Gasteiger partial charge in [0.15, 0.2) is 0 Å². The molecule has 1 nitrogen and oxygen atoms in total. The summed E-state index contributed by atoms with van der Waals surface area (Å²) in [6, 6.07) is 16.4. The van der Waals surface area contributed by atoms with E-state index < -0.39 is 0 Å². The number of halogens is 1. The van der Waals surface area contributed by atoms with Crippen LogP contribution >= 0.6 is 27.7 Å². The quantitative estimate of drug-likeness (QED) is 0.674. The minimum absolute atomic E-state index is 0.828. The second kappa shape index (κ2) is 5.41. The molecule has 0 atom stereocenters. The minimum Gasteiger partial charge on any atom is -0.399 e. The topological polar surface area (TPSA) is 26.0 Å². The predicted molar refractivity (Wildman–Crippen MR) is 74.6 cm³/mol. The molecule has 0 bridgehead atoms. The smallest absolute Gasteiger partial charge is 0.0317 e. The van der Waals surface area contributed by atoms with E-state index in [9.17, 15) is 0 Å². The molecule has 2 rings (SSSR count). The van der Waals surface area contributed by atoms with E-state index in [2.05, 4.69) is 46.3 Å². The number of hydrogen-bond donors (Lipinski definition) is 1. The van der Waals surface area contributed by atoms with Gasteiger partial charge >= 0.3 is 0 Å². The molecule has 3 heteroatoms. The van der Waals surface area contributed by atoms with Crippen LogP contribution in [0.5, 0.6) is 0 Å². The first-order valence-corrected chi connectivity index (χ1v) is 6.75. The Bertz CT molecular complexity index is 468. The fraction of sp³-hybridized carbons (Fsp3) is 0.0769. The summed E-state index contributed by atoms with van der Waals surface area (Å²) < 4.78 is 1.11. The molecule has 0 aliphatic carbocycles. The van der Waals surface area contributed by atoms with Gasteiger partial charge in [-0.2, -0.15) is 0 Å². The number of anilines is 1. The van der Waals surface area contributed by atoms with Crippen molar-refractivity contribution in [2.75, 3.05) is 5.73 Å². The zero-order chi connectivity index (χ0) is 11.4. The number of nitrogens with two attached hydrogens (primary N) is 1.